The summed E-state index contributed by atoms with van der Waals surface area (Å²) in [5.74, 6) is 1.61. The van der Waals surface area contributed by atoms with Crippen LogP contribution in [0.1, 0.15) is 86.1 Å². The number of aryl methyl sites for hydroxylation is 4. The van der Waals surface area contributed by atoms with E-state index < -0.39 is 0 Å². The molecule has 1 aliphatic rings. The summed E-state index contributed by atoms with van der Waals surface area (Å²) in [7, 11) is 0. The Bertz CT molecular complexity index is 1130. The van der Waals surface area contributed by atoms with Gasteiger partial charge in [0.05, 0.1) is 0 Å². The molecule has 4 rings (SSSR count). The summed E-state index contributed by atoms with van der Waals surface area (Å²) in [6.07, 6.45) is 8.97. The molecular formula is C35H45NO. The molecule has 0 saturated heterocycles. The van der Waals surface area contributed by atoms with E-state index in [-0.39, 0.29) is 11.8 Å². The van der Waals surface area contributed by atoms with Crippen molar-refractivity contribution in [1.29, 1.82) is 0 Å². The van der Waals surface area contributed by atoms with E-state index in [1.807, 2.05) is 0 Å². The monoisotopic (exact) mass is 495 g/mol. The lowest BCUT2D eigenvalue weighted by atomic mass is 9.68. The topological polar surface area (TPSA) is 29.1 Å². The Kier molecular flexibility index (Phi) is 9.61. The Morgan fingerprint density at radius 3 is 2.24 bits per heavy atom. The molecule has 1 aliphatic carbocycles. The van der Waals surface area contributed by atoms with Gasteiger partial charge in [-0.15, -0.1) is 0 Å². The summed E-state index contributed by atoms with van der Waals surface area (Å²) >= 11 is 0. The smallest absolute Gasteiger partial charge is 0.227 e. The van der Waals surface area contributed by atoms with Crippen molar-refractivity contribution >= 4 is 11.6 Å². The minimum atomic E-state index is 0.0234. The Hall–Kier alpha value is -2.87. The van der Waals surface area contributed by atoms with Crippen molar-refractivity contribution in [3.05, 3.63) is 101 Å². The van der Waals surface area contributed by atoms with Gasteiger partial charge in [0, 0.05) is 11.6 Å². The van der Waals surface area contributed by atoms with Crippen LogP contribution in [0.25, 0.3) is 0 Å². The van der Waals surface area contributed by atoms with Gasteiger partial charge in [0.25, 0.3) is 0 Å². The predicted octanol–water partition coefficient (Wildman–Crippen LogP) is 9.05. The first-order valence-electron chi connectivity index (χ1n) is 14.5. The number of benzene rings is 3. The van der Waals surface area contributed by atoms with Crippen LogP contribution in [-0.2, 0) is 17.6 Å². The van der Waals surface area contributed by atoms with Gasteiger partial charge in [-0.3, -0.25) is 4.79 Å². The first kappa shape index (κ1) is 27.2. The lowest BCUT2D eigenvalue weighted by Crippen LogP contribution is -2.35. The summed E-state index contributed by atoms with van der Waals surface area (Å²) in [5.41, 5.74) is 7.56. The molecule has 3 aromatic rings. The van der Waals surface area contributed by atoms with Gasteiger partial charge in [-0.1, -0.05) is 99.5 Å². The van der Waals surface area contributed by atoms with E-state index in [0.29, 0.717) is 17.8 Å². The van der Waals surface area contributed by atoms with Crippen molar-refractivity contribution in [3.63, 3.8) is 0 Å². The van der Waals surface area contributed by atoms with Crippen molar-refractivity contribution in [2.24, 2.45) is 17.8 Å². The van der Waals surface area contributed by atoms with E-state index in [9.17, 15) is 4.79 Å². The number of amides is 1. The van der Waals surface area contributed by atoms with Gasteiger partial charge in [0.2, 0.25) is 5.91 Å². The molecule has 196 valence electrons. The van der Waals surface area contributed by atoms with E-state index in [1.165, 1.54) is 36.0 Å². The van der Waals surface area contributed by atoms with Crippen LogP contribution in [0, 0.1) is 31.6 Å². The number of rotatable bonds is 9. The summed E-state index contributed by atoms with van der Waals surface area (Å²) in [6, 6.07) is 26.5. The zero-order valence-corrected chi connectivity index (χ0v) is 23.3. The van der Waals surface area contributed by atoms with Crippen molar-refractivity contribution in [2.75, 3.05) is 5.32 Å². The van der Waals surface area contributed by atoms with Gasteiger partial charge in [0.1, 0.15) is 0 Å². The van der Waals surface area contributed by atoms with Gasteiger partial charge >= 0.3 is 0 Å². The van der Waals surface area contributed by atoms with Crippen molar-refractivity contribution in [3.8, 4) is 0 Å². The third-order valence-electron chi connectivity index (χ3n) is 8.79. The Labute approximate surface area is 224 Å². The molecule has 1 amide bonds. The van der Waals surface area contributed by atoms with Crippen LogP contribution in [0.5, 0.6) is 0 Å². The van der Waals surface area contributed by atoms with Crippen molar-refractivity contribution < 1.29 is 4.79 Å². The van der Waals surface area contributed by atoms with Gasteiger partial charge in [0.15, 0.2) is 0 Å². The highest BCUT2D eigenvalue weighted by atomic mass is 16.1. The Balaban J connectivity index is 1.64. The average Bonchev–Trinajstić information content (AvgIpc) is 3.13. The highest BCUT2D eigenvalue weighted by Gasteiger charge is 2.39. The third kappa shape index (κ3) is 6.72. The molecule has 0 heterocycles. The van der Waals surface area contributed by atoms with Crippen LogP contribution in [0.2, 0.25) is 0 Å². The Morgan fingerprint density at radius 1 is 0.865 bits per heavy atom. The van der Waals surface area contributed by atoms with E-state index in [0.717, 1.165) is 48.9 Å². The molecule has 1 fully saturated rings. The minimum Gasteiger partial charge on any atom is -0.325 e. The summed E-state index contributed by atoms with van der Waals surface area (Å²) in [4.78, 5) is 13.9. The van der Waals surface area contributed by atoms with Gasteiger partial charge in [-0.2, -0.15) is 0 Å². The van der Waals surface area contributed by atoms with Gasteiger partial charge in [-0.25, -0.2) is 0 Å². The normalized spacial score (nSPS) is 20.7. The number of para-hydroxylation sites is 1. The molecule has 0 spiro atoms. The van der Waals surface area contributed by atoms with E-state index >= 15 is 0 Å². The van der Waals surface area contributed by atoms with Crippen LogP contribution < -0.4 is 5.32 Å². The summed E-state index contributed by atoms with van der Waals surface area (Å²) in [6.45, 7) is 8.62. The molecular weight excluding hydrogens is 450 g/mol. The Morgan fingerprint density at radius 2 is 1.54 bits per heavy atom. The first-order chi connectivity index (χ1) is 18.0. The first-order valence-corrected chi connectivity index (χ1v) is 14.5. The van der Waals surface area contributed by atoms with Gasteiger partial charge < -0.3 is 5.32 Å². The second-order valence-electron chi connectivity index (χ2n) is 11.1. The van der Waals surface area contributed by atoms with Gasteiger partial charge in [-0.05, 0) is 97.9 Å². The highest BCUT2D eigenvalue weighted by molar-refractivity contribution is 5.94. The number of carbonyl (C=O) groups excluding carboxylic acids is 1. The number of hydrogen-bond donors (Lipinski definition) is 1. The van der Waals surface area contributed by atoms with Crippen molar-refractivity contribution in [2.45, 2.75) is 85.0 Å². The zero-order chi connectivity index (χ0) is 26.2. The molecule has 0 radical (unpaired) electrons. The molecule has 2 heteroatoms. The summed E-state index contributed by atoms with van der Waals surface area (Å²) < 4.78 is 0. The number of nitrogens with one attached hydrogen (secondary N) is 1. The largest absolute Gasteiger partial charge is 0.325 e. The van der Waals surface area contributed by atoms with Crippen LogP contribution >= 0.6 is 0 Å². The lowest BCUT2D eigenvalue weighted by Gasteiger charge is -2.36. The van der Waals surface area contributed by atoms with Crippen LogP contribution in [-0.4, -0.2) is 5.91 Å². The fourth-order valence-corrected chi connectivity index (χ4v) is 6.75. The fourth-order valence-electron chi connectivity index (χ4n) is 6.75. The molecule has 37 heavy (non-hydrogen) atoms. The second kappa shape index (κ2) is 13.1. The molecule has 0 aromatic heterocycles. The summed E-state index contributed by atoms with van der Waals surface area (Å²) in [5, 5.41) is 3.37. The maximum absolute atomic E-state index is 13.9. The SMILES string of the molecule is CCc1cccc(CCC2C(c3ccccc3)CCCCC2C(CC)C(=O)Nc2c(C)cccc2C)c1. The van der Waals surface area contributed by atoms with Crippen LogP contribution in [0.15, 0.2) is 72.8 Å². The van der Waals surface area contributed by atoms with Crippen LogP contribution in [0.3, 0.4) is 0 Å². The average molecular weight is 496 g/mol. The van der Waals surface area contributed by atoms with Crippen LogP contribution in [0.4, 0.5) is 5.69 Å². The number of hydrogen-bond acceptors (Lipinski definition) is 1. The van der Waals surface area contributed by atoms with E-state index in [2.05, 4.69) is 106 Å². The van der Waals surface area contributed by atoms with E-state index in [1.54, 1.807) is 0 Å². The lowest BCUT2D eigenvalue weighted by molar-refractivity contribution is -0.122. The second-order valence-corrected chi connectivity index (χ2v) is 11.1. The molecule has 1 N–H and O–H groups in total. The standard InChI is InChI=1S/C35H45NO/c1-5-27-16-13-17-28(24-27)22-23-33-31(29-18-8-7-9-19-29)20-10-11-21-32(33)30(6-2)35(37)36-34-25(3)14-12-15-26(34)4/h7-9,12-19,24,30-33H,5-6,10-11,20-23H2,1-4H3,(H,36,37). The number of carbonyl (C=O) groups is 1. The van der Waals surface area contributed by atoms with Crippen molar-refractivity contribution in [1.82, 2.24) is 0 Å². The molecule has 1 saturated carbocycles. The zero-order valence-electron chi connectivity index (χ0n) is 23.3. The quantitative estimate of drug-likeness (QED) is 0.295. The third-order valence-corrected chi connectivity index (χ3v) is 8.79. The number of anilines is 1. The fraction of sp³-hybridized carbons (Fsp3) is 0.457. The molecule has 3 aromatic carbocycles. The minimum absolute atomic E-state index is 0.0234. The molecule has 4 atom stereocenters. The maximum Gasteiger partial charge on any atom is 0.227 e. The van der Waals surface area contributed by atoms with E-state index in [4.69, 9.17) is 0 Å². The molecule has 2 nitrogen and oxygen atoms in total. The molecule has 0 aliphatic heterocycles. The molecule has 0 bridgehead atoms. The predicted molar refractivity (Wildman–Crippen MR) is 157 cm³/mol. The molecule has 4 unspecified atom stereocenters. The maximum atomic E-state index is 13.9. The highest BCUT2D eigenvalue weighted by Crippen LogP contribution is 2.46.